The van der Waals surface area contributed by atoms with E-state index in [0.717, 1.165) is 25.7 Å². The van der Waals surface area contributed by atoms with Gasteiger partial charge >= 0.3 is 0 Å². The minimum Gasteiger partial charge on any atom is -0.385 e. The van der Waals surface area contributed by atoms with Crippen LogP contribution in [0.5, 0.6) is 0 Å². The number of carbonyl (C=O) groups excluding carboxylic acids is 2. The number of rotatable bonds is 5. The fourth-order valence-electron chi connectivity index (χ4n) is 3.72. The molecule has 1 aromatic carbocycles. The Balaban J connectivity index is 1.59. The summed E-state index contributed by atoms with van der Waals surface area (Å²) in [4.78, 5) is 28.9. The smallest absolute Gasteiger partial charge is 0.256 e. The summed E-state index contributed by atoms with van der Waals surface area (Å²) in [6.45, 7) is 2.50. The Bertz CT molecular complexity index is 637. The van der Waals surface area contributed by atoms with Gasteiger partial charge in [0.1, 0.15) is 5.82 Å². The van der Waals surface area contributed by atoms with Crippen molar-refractivity contribution in [2.24, 2.45) is 5.41 Å². The van der Waals surface area contributed by atoms with Crippen LogP contribution in [0.4, 0.5) is 4.39 Å². The molecule has 136 valence electrons. The first-order chi connectivity index (χ1) is 12.1. The molecule has 6 heteroatoms. The van der Waals surface area contributed by atoms with Gasteiger partial charge in [0.15, 0.2) is 0 Å². The van der Waals surface area contributed by atoms with E-state index in [4.69, 9.17) is 4.74 Å². The van der Waals surface area contributed by atoms with Crippen LogP contribution in [0.1, 0.15) is 36.0 Å². The van der Waals surface area contributed by atoms with E-state index in [1.54, 1.807) is 24.1 Å². The number of benzene rings is 1. The van der Waals surface area contributed by atoms with Crippen LogP contribution in [0.25, 0.3) is 0 Å². The second-order valence-corrected chi connectivity index (χ2v) is 6.94. The summed E-state index contributed by atoms with van der Waals surface area (Å²) in [5.41, 5.74) is -0.175. The van der Waals surface area contributed by atoms with E-state index in [-0.39, 0.29) is 22.8 Å². The molecule has 2 amide bonds. The summed E-state index contributed by atoms with van der Waals surface area (Å²) in [6.07, 6.45) is 3.69. The van der Waals surface area contributed by atoms with Crippen molar-refractivity contribution in [1.29, 1.82) is 0 Å². The predicted octanol–water partition coefficient (Wildman–Crippen LogP) is 2.32. The van der Waals surface area contributed by atoms with Gasteiger partial charge in [0.25, 0.3) is 5.91 Å². The Morgan fingerprint density at radius 1 is 1.12 bits per heavy atom. The van der Waals surface area contributed by atoms with Gasteiger partial charge in [0.2, 0.25) is 5.91 Å². The van der Waals surface area contributed by atoms with Crippen molar-refractivity contribution in [3.8, 4) is 0 Å². The Morgan fingerprint density at radius 3 is 2.32 bits per heavy atom. The first-order valence-electron chi connectivity index (χ1n) is 8.89. The van der Waals surface area contributed by atoms with E-state index in [9.17, 15) is 14.0 Å². The minimum absolute atomic E-state index is 0.0952. The summed E-state index contributed by atoms with van der Waals surface area (Å²) < 4.78 is 19.0. The van der Waals surface area contributed by atoms with Crippen molar-refractivity contribution in [3.63, 3.8) is 0 Å². The molecule has 1 aliphatic carbocycles. The average Bonchev–Trinajstić information content (AvgIpc) is 2.61. The summed E-state index contributed by atoms with van der Waals surface area (Å²) in [7, 11) is 1.66. The lowest BCUT2D eigenvalue weighted by atomic mass is 9.65. The fraction of sp³-hybridized carbons (Fsp3) is 0.579. The van der Waals surface area contributed by atoms with E-state index in [0.29, 0.717) is 32.8 Å². The van der Waals surface area contributed by atoms with Gasteiger partial charge < -0.3 is 14.5 Å². The third-order valence-electron chi connectivity index (χ3n) is 5.51. The van der Waals surface area contributed by atoms with Crippen LogP contribution in [0.3, 0.4) is 0 Å². The van der Waals surface area contributed by atoms with Crippen LogP contribution in [0.15, 0.2) is 24.3 Å². The molecule has 1 aromatic rings. The average molecular weight is 348 g/mol. The molecule has 1 heterocycles. The number of methoxy groups -OCH3 is 1. The lowest BCUT2D eigenvalue weighted by Crippen LogP contribution is -2.56. The van der Waals surface area contributed by atoms with Gasteiger partial charge in [-0.2, -0.15) is 0 Å². The Kier molecular flexibility index (Phi) is 5.37. The van der Waals surface area contributed by atoms with Crippen LogP contribution in [0.2, 0.25) is 0 Å². The molecule has 0 N–H and O–H groups in total. The third kappa shape index (κ3) is 3.54. The highest BCUT2D eigenvalue weighted by atomic mass is 19.1. The Morgan fingerprint density at radius 2 is 1.76 bits per heavy atom. The maximum atomic E-state index is 13.8. The summed E-state index contributed by atoms with van der Waals surface area (Å²) >= 11 is 0. The largest absolute Gasteiger partial charge is 0.385 e. The minimum atomic E-state index is -0.501. The maximum absolute atomic E-state index is 13.8. The van der Waals surface area contributed by atoms with E-state index in [1.165, 1.54) is 12.1 Å². The second kappa shape index (κ2) is 7.52. The molecule has 2 aliphatic rings. The molecular weight excluding hydrogens is 323 g/mol. The molecule has 1 saturated heterocycles. The highest BCUT2D eigenvalue weighted by molar-refractivity contribution is 5.94. The quantitative estimate of drug-likeness (QED) is 0.821. The normalized spacial score (nSPS) is 19.4. The first-order valence-corrected chi connectivity index (χ1v) is 8.89. The van der Waals surface area contributed by atoms with Crippen molar-refractivity contribution >= 4 is 11.8 Å². The standard InChI is InChI=1S/C19H25FN2O3/c1-25-14-9-19(7-4-8-19)18(24)22-12-10-21(11-13-22)17(23)15-5-2-3-6-16(15)20/h2-3,5-6H,4,7-14H2,1H3. The molecule has 0 bridgehead atoms. The molecule has 0 radical (unpaired) electrons. The van der Waals surface area contributed by atoms with Crippen molar-refractivity contribution in [2.45, 2.75) is 25.7 Å². The van der Waals surface area contributed by atoms with Crippen molar-refractivity contribution in [1.82, 2.24) is 9.80 Å². The topological polar surface area (TPSA) is 49.9 Å². The number of ether oxygens (including phenoxy) is 1. The van der Waals surface area contributed by atoms with Crippen LogP contribution < -0.4 is 0 Å². The first kappa shape index (κ1) is 17.9. The molecule has 0 spiro atoms. The molecule has 0 unspecified atom stereocenters. The molecular formula is C19H25FN2O3. The molecule has 0 atom stereocenters. The highest BCUT2D eigenvalue weighted by Gasteiger charge is 2.46. The zero-order chi connectivity index (χ0) is 17.9. The molecule has 25 heavy (non-hydrogen) atoms. The fourth-order valence-corrected chi connectivity index (χ4v) is 3.72. The van der Waals surface area contributed by atoms with Gasteiger partial charge in [-0.3, -0.25) is 9.59 Å². The van der Waals surface area contributed by atoms with Crippen LogP contribution in [0, 0.1) is 11.2 Å². The van der Waals surface area contributed by atoms with E-state index in [1.807, 2.05) is 4.90 Å². The number of piperazine rings is 1. The van der Waals surface area contributed by atoms with E-state index < -0.39 is 5.82 Å². The number of carbonyl (C=O) groups is 2. The maximum Gasteiger partial charge on any atom is 0.256 e. The molecule has 1 saturated carbocycles. The molecule has 2 fully saturated rings. The van der Waals surface area contributed by atoms with Crippen molar-refractivity contribution in [3.05, 3.63) is 35.6 Å². The van der Waals surface area contributed by atoms with Crippen LogP contribution in [-0.2, 0) is 9.53 Å². The van der Waals surface area contributed by atoms with Gasteiger partial charge in [0.05, 0.1) is 11.0 Å². The molecule has 1 aliphatic heterocycles. The predicted molar refractivity (Wildman–Crippen MR) is 91.7 cm³/mol. The molecule has 0 aromatic heterocycles. The number of nitrogens with zero attached hydrogens (tertiary/aromatic N) is 2. The zero-order valence-electron chi connectivity index (χ0n) is 14.7. The van der Waals surface area contributed by atoms with E-state index >= 15 is 0 Å². The molecule has 3 rings (SSSR count). The van der Waals surface area contributed by atoms with Gasteiger partial charge in [-0.25, -0.2) is 4.39 Å². The van der Waals surface area contributed by atoms with Crippen LogP contribution in [-0.4, -0.2) is 61.5 Å². The summed E-state index contributed by atoms with van der Waals surface area (Å²) in [5, 5.41) is 0. The van der Waals surface area contributed by atoms with Gasteiger partial charge in [-0.05, 0) is 31.4 Å². The summed E-state index contributed by atoms with van der Waals surface area (Å²) in [6, 6.07) is 6.03. The van der Waals surface area contributed by atoms with Gasteiger partial charge in [0, 0.05) is 39.9 Å². The van der Waals surface area contributed by atoms with Gasteiger partial charge in [-0.15, -0.1) is 0 Å². The number of hydrogen-bond acceptors (Lipinski definition) is 3. The van der Waals surface area contributed by atoms with E-state index in [2.05, 4.69) is 0 Å². The SMILES string of the molecule is COCCC1(C(=O)N2CCN(C(=O)c3ccccc3F)CC2)CCC1. The summed E-state index contributed by atoms with van der Waals surface area (Å²) in [5.74, 6) is -0.615. The Labute approximate surface area is 147 Å². The van der Waals surface area contributed by atoms with Crippen LogP contribution >= 0.6 is 0 Å². The highest BCUT2D eigenvalue weighted by Crippen LogP contribution is 2.45. The lowest BCUT2D eigenvalue weighted by molar-refractivity contribution is -0.150. The second-order valence-electron chi connectivity index (χ2n) is 6.94. The Hall–Kier alpha value is -1.95. The van der Waals surface area contributed by atoms with Crippen molar-refractivity contribution < 1.29 is 18.7 Å². The van der Waals surface area contributed by atoms with Gasteiger partial charge in [-0.1, -0.05) is 18.6 Å². The monoisotopic (exact) mass is 348 g/mol. The number of amides is 2. The lowest BCUT2D eigenvalue weighted by Gasteiger charge is -2.45. The zero-order valence-corrected chi connectivity index (χ0v) is 14.7. The van der Waals surface area contributed by atoms with Crippen molar-refractivity contribution in [2.75, 3.05) is 39.9 Å². The number of halogens is 1. The number of hydrogen-bond donors (Lipinski definition) is 0. The molecule has 5 nitrogen and oxygen atoms in total. The third-order valence-corrected chi connectivity index (χ3v) is 5.51.